The predicted molar refractivity (Wildman–Crippen MR) is 76.7 cm³/mol. The van der Waals surface area contributed by atoms with Gasteiger partial charge in [-0.05, 0) is 31.0 Å². The second kappa shape index (κ2) is 8.55. The Kier molecular flexibility index (Phi) is 7.04. The van der Waals surface area contributed by atoms with Crippen LogP contribution in [-0.4, -0.2) is 37.4 Å². The number of carbonyl (C=O) groups excluding carboxylic acids is 1. The van der Waals surface area contributed by atoms with Crippen molar-refractivity contribution in [2.24, 2.45) is 0 Å². The van der Waals surface area contributed by atoms with Crippen molar-refractivity contribution in [2.75, 3.05) is 20.3 Å². The molecule has 0 radical (unpaired) electrons. The van der Waals surface area contributed by atoms with E-state index in [1.54, 1.807) is 38.3 Å². The van der Waals surface area contributed by atoms with Gasteiger partial charge in [-0.1, -0.05) is 19.1 Å². The van der Waals surface area contributed by atoms with Crippen molar-refractivity contribution in [3.63, 3.8) is 0 Å². The fourth-order valence-corrected chi connectivity index (χ4v) is 1.68. The highest BCUT2D eigenvalue weighted by molar-refractivity contribution is 5.80. The second-order valence-corrected chi connectivity index (χ2v) is 4.54. The molecule has 0 bridgehead atoms. The first-order chi connectivity index (χ1) is 9.58. The van der Waals surface area contributed by atoms with Crippen LogP contribution in [0.15, 0.2) is 24.3 Å². The molecule has 1 unspecified atom stereocenters. The van der Waals surface area contributed by atoms with Gasteiger partial charge in [0.2, 0.25) is 0 Å². The van der Waals surface area contributed by atoms with E-state index in [1.165, 1.54) is 0 Å². The summed E-state index contributed by atoms with van der Waals surface area (Å²) in [7, 11) is 1.58. The molecular weight excluding hydrogens is 258 g/mol. The third-order valence-corrected chi connectivity index (χ3v) is 2.94. The average Bonchev–Trinajstić information content (AvgIpc) is 2.47. The Labute approximate surface area is 119 Å². The summed E-state index contributed by atoms with van der Waals surface area (Å²) in [5.74, 6) is 0.422. The Hall–Kier alpha value is -1.59. The van der Waals surface area contributed by atoms with Gasteiger partial charge in [-0.3, -0.25) is 4.79 Å². The van der Waals surface area contributed by atoms with E-state index in [0.29, 0.717) is 25.3 Å². The highest BCUT2D eigenvalue weighted by Gasteiger charge is 2.14. The number of aliphatic hydroxyl groups is 1. The number of ether oxygens (including phenoxy) is 2. The van der Waals surface area contributed by atoms with Crippen molar-refractivity contribution in [3.8, 4) is 5.75 Å². The summed E-state index contributed by atoms with van der Waals surface area (Å²) in [6, 6.07) is 7.12. The number of benzene rings is 1. The number of methoxy groups -OCH3 is 1. The Bertz CT molecular complexity index is 405. The third kappa shape index (κ3) is 5.19. The number of hydrogen-bond acceptors (Lipinski definition) is 4. The van der Waals surface area contributed by atoms with E-state index in [2.05, 4.69) is 5.32 Å². The topological polar surface area (TPSA) is 67.8 Å². The minimum atomic E-state index is -0.575. The third-order valence-electron chi connectivity index (χ3n) is 2.94. The van der Waals surface area contributed by atoms with Gasteiger partial charge in [0, 0.05) is 13.7 Å². The van der Waals surface area contributed by atoms with Crippen LogP contribution in [0.4, 0.5) is 0 Å². The Morgan fingerprint density at radius 3 is 2.55 bits per heavy atom. The number of aliphatic hydroxyl groups excluding tert-OH is 1. The molecule has 112 valence electrons. The van der Waals surface area contributed by atoms with Gasteiger partial charge in [-0.2, -0.15) is 0 Å². The lowest BCUT2D eigenvalue weighted by atomic mass is 10.1. The van der Waals surface area contributed by atoms with E-state index >= 15 is 0 Å². The lowest BCUT2D eigenvalue weighted by molar-refractivity contribution is -0.127. The van der Waals surface area contributed by atoms with Crippen molar-refractivity contribution in [1.29, 1.82) is 0 Å². The highest BCUT2D eigenvalue weighted by atomic mass is 16.5. The zero-order chi connectivity index (χ0) is 15.0. The maximum absolute atomic E-state index is 11.7. The quantitative estimate of drug-likeness (QED) is 0.711. The number of rotatable bonds is 8. The SMILES string of the molecule is CC[C@H](O)c1ccc(OC(C)C(=O)NCCOC)cc1. The molecular formula is C15H23NO4. The van der Waals surface area contributed by atoms with Crippen LogP contribution in [0.3, 0.4) is 0 Å². The molecule has 0 fully saturated rings. The maximum Gasteiger partial charge on any atom is 0.260 e. The van der Waals surface area contributed by atoms with Crippen LogP contribution >= 0.6 is 0 Å². The summed E-state index contributed by atoms with van der Waals surface area (Å²) in [5, 5.41) is 12.4. The smallest absolute Gasteiger partial charge is 0.260 e. The molecule has 0 heterocycles. The molecule has 1 aromatic rings. The molecule has 2 atom stereocenters. The van der Waals surface area contributed by atoms with Crippen molar-refractivity contribution < 1.29 is 19.4 Å². The Morgan fingerprint density at radius 2 is 2.00 bits per heavy atom. The predicted octanol–water partition coefficient (Wildman–Crippen LogP) is 1.66. The molecule has 0 aromatic heterocycles. The van der Waals surface area contributed by atoms with E-state index in [0.717, 1.165) is 5.56 Å². The molecule has 0 aliphatic rings. The zero-order valence-corrected chi connectivity index (χ0v) is 12.3. The van der Waals surface area contributed by atoms with Crippen LogP contribution in [0.1, 0.15) is 31.9 Å². The lowest BCUT2D eigenvalue weighted by Crippen LogP contribution is -2.37. The molecule has 0 spiro atoms. The molecule has 1 amide bonds. The van der Waals surface area contributed by atoms with Crippen LogP contribution in [0.25, 0.3) is 0 Å². The standard InChI is InChI=1S/C15H23NO4/c1-4-14(17)12-5-7-13(8-6-12)20-11(2)15(18)16-9-10-19-3/h5-8,11,14,17H,4,9-10H2,1-3H3,(H,16,18)/t11?,14-/m0/s1. The summed E-state index contributed by atoms with van der Waals surface area (Å²) in [4.78, 5) is 11.7. The van der Waals surface area contributed by atoms with Crippen molar-refractivity contribution in [2.45, 2.75) is 32.5 Å². The van der Waals surface area contributed by atoms with Crippen LogP contribution in [0.2, 0.25) is 0 Å². The summed E-state index contributed by atoms with van der Waals surface area (Å²) in [6.07, 6.45) is -0.369. The van der Waals surface area contributed by atoms with Gasteiger partial charge >= 0.3 is 0 Å². The molecule has 1 rings (SSSR count). The van der Waals surface area contributed by atoms with Crippen LogP contribution < -0.4 is 10.1 Å². The molecule has 5 nitrogen and oxygen atoms in total. The molecule has 5 heteroatoms. The van der Waals surface area contributed by atoms with E-state index in [4.69, 9.17) is 9.47 Å². The number of amides is 1. The van der Waals surface area contributed by atoms with Crippen molar-refractivity contribution >= 4 is 5.91 Å². The van der Waals surface area contributed by atoms with Gasteiger partial charge in [0.15, 0.2) is 6.10 Å². The van der Waals surface area contributed by atoms with Crippen molar-refractivity contribution in [1.82, 2.24) is 5.32 Å². The van der Waals surface area contributed by atoms with Gasteiger partial charge in [0.05, 0.1) is 12.7 Å². The van der Waals surface area contributed by atoms with Crippen LogP contribution in [0, 0.1) is 0 Å². The van der Waals surface area contributed by atoms with Gasteiger partial charge in [0.25, 0.3) is 5.91 Å². The molecule has 0 aliphatic carbocycles. The van der Waals surface area contributed by atoms with Crippen LogP contribution in [-0.2, 0) is 9.53 Å². The number of nitrogens with one attached hydrogen (secondary N) is 1. The zero-order valence-electron chi connectivity index (χ0n) is 12.3. The average molecular weight is 281 g/mol. The first kappa shape index (κ1) is 16.5. The van der Waals surface area contributed by atoms with E-state index < -0.39 is 12.2 Å². The number of carbonyl (C=O) groups is 1. The Balaban J connectivity index is 2.49. The molecule has 0 aliphatic heterocycles. The number of hydrogen-bond donors (Lipinski definition) is 2. The molecule has 0 saturated carbocycles. The lowest BCUT2D eigenvalue weighted by Gasteiger charge is -2.15. The van der Waals surface area contributed by atoms with E-state index in [1.807, 2.05) is 6.92 Å². The fraction of sp³-hybridized carbons (Fsp3) is 0.533. The first-order valence-corrected chi connectivity index (χ1v) is 6.79. The molecule has 0 saturated heterocycles. The summed E-state index contributed by atoms with van der Waals surface area (Å²) < 4.78 is 10.4. The minimum absolute atomic E-state index is 0.181. The summed E-state index contributed by atoms with van der Waals surface area (Å²) >= 11 is 0. The monoisotopic (exact) mass is 281 g/mol. The molecule has 1 aromatic carbocycles. The van der Waals surface area contributed by atoms with E-state index in [9.17, 15) is 9.90 Å². The molecule has 2 N–H and O–H groups in total. The highest BCUT2D eigenvalue weighted by Crippen LogP contribution is 2.20. The second-order valence-electron chi connectivity index (χ2n) is 4.54. The summed E-state index contributed by atoms with van der Waals surface area (Å²) in [6.45, 7) is 4.55. The largest absolute Gasteiger partial charge is 0.481 e. The van der Waals surface area contributed by atoms with E-state index in [-0.39, 0.29) is 5.91 Å². The maximum atomic E-state index is 11.7. The van der Waals surface area contributed by atoms with Gasteiger partial charge in [-0.25, -0.2) is 0 Å². The van der Waals surface area contributed by atoms with Crippen LogP contribution in [0.5, 0.6) is 5.75 Å². The Morgan fingerprint density at radius 1 is 1.35 bits per heavy atom. The normalized spacial score (nSPS) is 13.6. The first-order valence-electron chi connectivity index (χ1n) is 6.79. The minimum Gasteiger partial charge on any atom is -0.481 e. The van der Waals surface area contributed by atoms with Gasteiger partial charge in [0.1, 0.15) is 5.75 Å². The fourth-order valence-electron chi connectivity index (χ4n) is 1.68. The van der Waals surface area contributed by atoms with Gasteiger partial charge in [-0.15, -0.1) is 0 Å². The van der Waals surface area contributed by atoms with Crippen molar-refractivity contribution in [3.05, 3.63) is 29.8 Å². The molecule has 20 heavy (non-hydrogen) atoms. The summed E-state index contributed by atoms with van der Waals surface area (Å²) in [5.41, 5.74) is 0.844. The van der Waals surface area contributed by atoms with Gasteiger partial charge < -0.3 is 19.9 Å².